The number of methoxy groups -OCH3 is 1. The van der Waals surface area contributed by atoms with Crippen molar-refractivity contribution in [1.29, 1.82) is 0 Å². The van der Waals surface area contributed by atoms with Crippen LogP contribution in [0.25, 0.3) is 0 Å². The Morgan fingerprint density at radius 1 is 0.870 bits per heavy atom. The van der Waals surface area contributed by atoms with Crippen molar-refractivity contribution in [3.63, 3.8) is 0 Å². The number of nitrogens with zero attached hydrogens (tertiary/aromatic N) is 2. The maximum absolute atomic E-state index is 14.5. The molecule has 0 fully saturated rings. The van der Waals surface area contributed by atoms with Crippen LogP contribution in [0.1, 0.15) is 30.5 Å². The van der Waals surface area contributed by atoms with Crippen molar-refractivity contribution in [1.82, 2.24) is 10.2 Å². The largest absolute Gasteiger partial charge is 0.497 e. The highest BCUT2D eigenvalue weighted by atomic mass is 35.5. The zero-order chi connectivity index (χ0) is 33.3. The summed E-state index contributed by atoms with van der Waals surface area (Å²) in [7, 11) is -2.75. The molecule has 4 aromatic carbocycles. The molecule has 0 heterocycles. The van der Waals surface area contributed by atoms with E-state index in [0.717, 1.165) is 21.0 Å². The van der Waals surface area contributed by atoms with Gasteiger partial charge in [0.15, 0.2) is 0 Å². The highest BCUT2D eigenvalue weighted by Gasteiger charge is 2.34. The fourth-order valence-corrected chi connectivity index (χ4v) is 6.53. The van der Waals surface area contributed by atoms with E-state index in [0.29, 0.717) is 17.3 Å². The third-order valence-corrected chi connectivity index (χ3v) is 9.47. The SMILES string of the molecule is COc1ccc(S(=O)(=O)N(CC(=O)N(Cc2cccc(C)c2)[C@H](Cc2ccccc2)C(=O)NCC(C)C)c2ccc(Cl)cc2)cc1. The summed E-state index contributed by atoms with van der Waals surface area (Å²) in [5.41, 5.74) is 2.94. The van der Waals surface area contributed by atoms with Crippen LogP contribution in [0.4, 0.5) is 5.69 Å². The molecule has 0 saturated heterocycles. The van der Waals surface area contributed by atoms with Gasteiger partial charge >= 0.3 is 0 Å². The molecule has 1 atom stereocenters. The van der Waals surface area contributed by atoms with Crippen molar-refractivity contribution in [2.45, 2.75) is 44.7 Å². The summed E-state index contributed by atoms with van der Waals surface area (Å²) in [6.45, 7) is 5.93. The van der Waals surface area contributed by atoms with Crippen LogP contribution in [-0.4, -0.2) is 51.4 Å². The zero-order valence-corrected chi connectivity index (χ0v) is 28.1. The molecular formula is C36H40ClN3O5S. The second kappa shape index (κ2) is 15.8. The number of benzene rings is 4. The number of ether oxygens (including phenoxy) is 1. The predicted octanol–water partition coefficient (Wildman–Crippen LogP) is 6.26. The Balaban J connectivity index is 1.79. The summed E-state index contributed by atoms with van der Waals surface area (Å²) in [6, 6.07) is 28.5. The third kappa shape index (κ3) is 9.11. The highest BCUT2D eigenvalue weighted by Crippen LogP contribution is 2.27. The minimum atomic E-state index is -4.24. The van der Waals surface area contributed by atoms with Gasteiger partial charge in [-0.25, -0.2) is 8.42 Å². The Hall–Kier alpha value is -4.34. The van der Waals surface area contributed by atoms with E-state index >= 15 is 0 Å². The van der Waals surface area contributed by atoms with Crippen molar-refractivity contribution in [3.8, 4) is 5.75 Å². The predicted molar refractivity (Wildman–Crippen MR) is 182 cm³/mol. The van der Waals surface area contributed by atoms with Gasteiger partial charge in [-0.05, 0) is 72.5 Å². The van der Waals surface area contributed by atoms with E-state index in [1.807, 2.05) is 75.4 Å². The molecule has 0 radical (unpaired) electrons. The third-order valence-electron chi connectivity index (χ3n) is 7.43. The van der Waals surface area contributed by atoms with Gasteiger partial charge in [-0.2, -0.15) is 0 Å². The first-order chi connectivity index (χ1) is 22.0. The summed E-state index contributed by atoms with van der Waals surface area (Å²) in [4.78, 5) is 29.9. The van der Waals surface area contributed by atoms with Gasteiger partial charge in [0.25, 0.3) is 10.0 Å². The van der Waals surface area contributed by atoms with Crippen LogP contribution in [0, 0.1) is 12.8 Å². The number of amides is 2. The van der Waals surface area contributed by atoms with Gasteiger partial charge in [0.05, 0.1) is 17.7 Å². The van der Waals surface area contributed by atoms with Gasteiger partial charge < -0.3 is 15.0 Å². The summed E-state index contributed by atoms with van der Waals surface area (Å²) >= 11 is 6.14. The van der Waals surface area contributed by atoms with Crippen molar-refractivity contribution >= 4 is 39.1 Å². The van der Waals surface area contributed by atoms with Crippen LogP contribution in [-0.2, 0) is 32.6 Å². The molecule has 2 amide bonds. The van der Waals surface area contributed by atoms with Crippen molar-refractivity contribution in [2.75, 3.05) is 24.5 Å². The Kier molecular flexibility index (Phi) is 11.8. The van der Waals surface area contributed by atoms with Crippen LogP contribution in [0.5, 0.6) is 5.75 Å². The lowest BCUT2D eigenvalue weighted by atomic mass is 10.0. The molecule has 1 N–H and O–H groups in total. The number of anilines is 1. The fourth-order valence-electron chi connectivity index (χ4n) is 4.99. The van der Waals surface area contributed by atoms with Crippen molar-refractivity contribution in [2.24, 2.45) is 5.92 Å². The minimum absolute atomic E-state index is 0.0169. The molecule has 10 heteroatoms. The monoisotopic (exact) mass is 661 g/mol. The lowest BCUT2D eigenvalue weighted by Gasteiger charge is -2.34. The molecule has 0 aliphatic heterocycles. The molecule has 0 unspecified atom stereocenters. The summed E-state index contributed by atoms with van der Waals surface area (Å²) < 4.78 is 34.6. The van der Waals surface area contributed by atoms with Crippen LogP contribution in [0.2, 0.25) is 5.02 Å². The molecule has 0 spiro atoms. The summed E-state index contributed by atoms with van der Waals surface area (Å²) in [5, 5.41) is 3.42. The number of hydrogen-bond acceptors (Lipinski definition) is 5. The normalized spacial score (nSPS) is 12.0. The molecule has 4 aromatic rings. The standard InChI is InChI=1S/C36H40ClN3O5S/c1-26(2)23-38-36(42)34(22-28-10-6-5-7-11-28)39(24-29-12-8-9-27(3)21-29)35(41)25-40(31-15-13-30(37)14-16-31)46(43,44)33-19-17-32(45-4)18-20-33/h5-21,26,34H,22-25H2,1-4H3,(H,38,42)/t34-/m1/s1. The second-order valence-corrected chi connectivity index (χ2v) is 13.8. The number of carbonyl (C=O) groups is 2. The fraction of sp³-hybridized carbons (Fsp3) is 0.278. The first kappa shape index (κ1) is 34.5. The molecule has 8 nitrogen and oxygen atoms in total. The maximum Gasteiger partial charge on any atom is 0.264 e. The van der Waals surface area contributed by atoms with E-state index in [1.54, 1.807) is 36.4 Å². The lowest BCUT2D eigenvalue weighted by molar-refractivity contribution is -0.140. The molecule has 46 heavy (non-hydrogen) atoms. The summed E-state index contributed by atoms with van der Waals surface area (Å²) in [6.07, 6.45) is 0.245. The molecule has 0 aliphatic carbocycles. The number of rotatable bonds is 14. The van der Waals surface area contributed by atoms with Crippen LogP contribution in [0.15, 0.2) is 108 Å². The number of sulfonamides is 1. The number of aryl methyl sites for hydroxylation is 1. The first-order valence-corrected chi connectivity index (χ1v) is 16.9. The Morgan fingerprint density at radius 3 is 2.13 bits per heavy atom. The van der Waals surface area contributed by atoms with E-state index in [-0.39, 0.29) is 35.4 Å². The van der Waals surface area contributed by atoms with E-state index in [4.69, 9.17) is 16.3 Å². The van der Waals surface area contributed by atoms with Gasteiger partial charge in [-0.1, -0.05) is 85.6 Å². The Morgan fingerprint density at radius 2 is 1.52 bits per heavy atom. The molecule has 242 valence electrons. The Labute approximate surface area is 277 Å². The number of carbonyl (C=O) groups excluding carboxylic acids is 2. The number of nitrogens with one attached hydrogen (secondary N) is 1. The zero-order valence-electron chi connectivity index (χ0n) is 26.5. The highest BCUT2D eigenvalue weighted by molar-refractivity contribution is 7.92. The molecule has 0 bridgehead atoms. The van der Waals surface area contributed by atoms with E-state index in [2.05, 4.69) is 5.32 Å². The quantitative estimate of drug-likeness (QED) is 0.172. The first-order valence-electron chi connectivity index (χ1n) is 15.1. The number of halogens is 1. The van der Waals surface area contributed by atoms with Gasteiger partial charge in [-0.3, -0.25) is 13.9 Å². The smallest absolute Gasteiger partial charge is 0.264 e. The minimum Gasteiger partial charge on any atom is -0.497 e. The van der Waals surface area contributed by atoms with Crippen molar-refractivity contribution < 1.29 is 22.7 Å². The van der Waals surface area contributed by atoms with Gasteiger partial charge in [0, 0.05) is 24.5 Å². The van der Waals surface area contributed by atoms with E-state index in [9.17, 15) is 18.0 Å². The second-order valence-electron chi connectivity index (χ2n) is 11.5. The average molecular weight is 662 g/mol. The van der Waals surface area contributed by atoms with Crippen molar-refractivity contribution in [3.05, 3.63) is 125 Å². The van der Waals surface area contributed by atoms with Gasteiger partial charge in [0.1, 0.15) is 18.3 Å². The average Bonchev–Trinajstić information content (AvgIpc) is 3.05. The van der Waals surface area contributed by atoms with Gasteiger partial charge in [0.2, 0.25) is 11.8 Å². The number of hydrogen-bond donors (Lipinski definition) is 1. The molecule has 0 saturated carbocycles. The van der Waals surface area contributed by atoms with Crippen LogP contribution < -0.4 is 14.4 Å². The molecule has 4 rings (SSSR count). The topological polar surface area (TPSA) is 96.0 Å². The summed E-state index contributed by atoms with van der Waals surface area (Å²) in [5.74, 6) is -0.158. The lowest BCUT2D eigenvalue weighted by Crippen LogP contribution is -2.53. The Bertz CT molecular complexity index is 1710. The molecular weight excluding hydrogens is 622 g/mol. The van der Waals surface area contributed by atoms with E-state index in [1.165, 1.54) is 24.1 Å². The van der Waals surface area contributed by atoms with Gasteiger partial charge in [-0.15, -0.1) is 0 Å². The van der Waals surface area contributed by atoms with E-state index < -0.39 is 28.5 Å². The molecule has 0 aliphatic rings. The van der Waals surface area contributed by atoms with Crippen LogP contribution >= 0.6 is 11.6 Å². The maximum atomic E-state index is 14.5. The molecule has 0 aromatic heterocycles. The van der Waals surface area contributed by atoms with Crippen LogP contribution in [0.3, 0.4) is 0 Å².